The van der Waals surface area contributed by atoms with E-state index in [0.29, 0.717) is 0 Å². The molecular weight excluding hydrogens is 546 g/mol. The summed E-state index contributed by atoms with van der Waals surface area (Å²) in [5.41, 5.74) is 10.1. The van der Waals surface area contributed by atoms with Crippen molar-refractivity contribution in [1.29, 1.82) is 0 Å². The SMILES string of the molecule is C/C=C\C=C/C=Nc1cc2c(cc1-c1ccccc1)c1cc(-n3c4ccccc4c4ccccc43)ccc1n2-c1ccccc1. The van der Waals surface area contributed by atoms with Gasteiger partial charge < -0.3 is 9.13 Å². The number of fused-ring (bicyclic) bond motifs is 6. The minimum absolute atomic E-state index is 0.932. The molecule has 0 aliphatic carbocycles. The largest absolute Gasteiger partial charge is 0.309 e. The molecular formula is C42H31N3. The Bertz CT molecular complexity index is 2370. The van der Waals surface area contributed by atoms with Gasteiger partial charge in [0.15, 0.2) is 0 Å². The van der Waals surface area contributed by atoms with E-state index in [-0.39, 0.29) is 0 Å². The molecule has 0 amide bonds. The first-order valence-corrected chi connectivity index (χ1v) is 15.4. The normalized spacial score (nSPS) is 12.3. The zero-order valence-corrected chi connectivity index (χ0v) is 25.0. The van der Waals surface area contributed by atoms with Gasteiger partial charge in [0.05, 0.1) is 27.8 Å². The van der Waals surface area contributed by atoms with Crippen molar-refractivity contribution in [2.24, 2.45) is 4.99 Å². The van der Waals surface area contributed by atoms with Crippen molar-refractivity contribution in [3.05, 3.63) is 164 Å². The number of hydrogen-bond acceptors (Lipinski definition) is 1. The van der Waals surface area contributed by atoms with Gasteiger partial charge in [-0.3, -0.25) is 4.99 Å². The lowest BCUT2D eigenvalue weighted by atomic mass is 10.0. The Balaban J connectivity index is 1.45. The number of rotatable bonds is 6. The van der Waals surface area contributed by atoms with E-state index in [9.17, 15) is 0 Å². The summed E-state index contributed by atoms with van der Waals surface area (Å²) in [7, 11) is 0. The molecule has 3 heteroatoms. The molecule has 2 aromatic heterocycles. The fourth-order valence-corrected chi connectivity index (χ4v) is 6.54. The summed E-state index contributed by atoms with van der Waals surface area (Å²) < 4.78 is 4.76. The molecule has 214 valence electrons. The van der Waals surface area contributed by atoms with E-state index < -0.39 is 0 Å². The van der Waals surface area contributed by atoms with Gasteiger partial charge in [-0.2, -0.15) is 0 Å². The lowest BCUT2D eigenvalue weighted by Gasteiger charge is -2.11. The van der Waals surface area contributed by atoms with Gasteiger partial charge in [0.1, 0.15) is 0 Å². The molecule has 0 unspecified atom stereocenters. The van der Waals surface area contributed by atoms with Crippen LogP contribution in [0, 0.1) is 0 Å². The number of benzene rings is 6. The van der Waals surface area contributed by atoms with Crippen molar-refractivity contribution in [1.82, 2.24) is 9.13 Å². The topological polar surface area (TPSA) is 22.2 Å². The maximum Gasteiger partial charge on any atom is 0.0729 e. The number of allylic oxidation sites excluding steroid dienone is 4. The van der Waals surface area contributed by atoms with Crippen LogP contribution in [-0.2, 0) is 0 Å². The monoisotopic (exact) mass is 577 g/mol. The predicted octanol–water partition coefficient (Wildman–Crippen LogP) is 11.4. The van der Waals surface area contributed by atoms with Crippen molar-refractivity contribution < 1.29 is 0 Å². The maximum atomic E-state index is 4.97. The van der Waals surface area contributed by atoms with Gasteiger partial charge in [-0.1, -0.05) is 103 Å². The van der Waals surface area contributed by atoms with Crippen LogP contribution < -0.4 is 0 Å². The molecule has 0 radical (unpaired) electrons. The summed E-state index contributed by atoms with van der Waals surface area (Å²) in [4.78, 5) is 4.97. The van der Waals surface area contributed by atoms with Crippen LogP contribution in [0.4, 0.5) is 5.69 Å². The van der Waals surface area contributed by atoms with E-state index in [2.05, 4.69) is 149 Å². The lowest BCUT2D eigenvalue weighted by molar-refractivity contribution is 1.16. The van der Waals surface area contributed by atoms with E-state index in [4.69, 9.17) is 4.99 Å². The highest BCUT2D eigenvalue weighted by Crippen LogP contribution is 2.41. The molecule has 0 N–H and O–H groups in total. The standard InChI is InChI=1S/C42H31N3/c1-2-3-4-15-26-43-38-29-42-37(28-35(38)30-16-7-5-8-17-30)36-27-32(24-25-41(36)44(42)31-18-9-6-10-19-31)45-39-22-13-11-20-33(39)34-21-12-14-23-40(34)45/h2-29H,1H3/b3-2-,15-4-,43-26?. The number of nitrogens with zero attached hydrogens (tertiary/aromatic N) is 3. The Morgan fingerprint density at radius 1 is 0.467 bits per heavy atom. The first-order valence-electron chi connectivity index (χ1n) is 15.4. The van der Waals surface area contributed by atoms with E-state index in [1.54, 1.807) is 0 Å². The maximum absolute atomic E-state index is 4.97. The molecule has 8 rings (SSSR count). The third-order valence-corrected chi connectivity index (χ3v) is 8.52. The predicted molar refractivity (Wildman–Crippen MR) is 193 cm³/mol. The first-order chi connectivity index (χ1) is 22.3. The highest BCUT2D eigenvalue weighted by Gasteiger charge is 2.18. The molecule has 0 saturated heterocycles. The Kier molecular flexibility index (Phi) is 6.69. The van der Waals surface area contributed by atoms with Crippen LogP contribution in [0.25, 0.3) is 66.1 Å². The quantitative estimate of drug-likeness (QED) is 0.139. The minimum Gasteiger partial charge on any atom is -0.309 e. The molecule has 0 spiro atoms. The molecule has 8 aromatic rings. The van der Waals surface area contributed by atoms with Crippen molar-refractivity contribution in [2.75, 3.05) is 0 Å². The van der Waals surface area contributed by atoms with Gasteiger partial charge in [0.2, 0.25) is 0 Å². The van der Waals surface area contributed by atoms with E-state index >= 15 is 0 Å². The Labute approximate surface area is 262 Å². The second kappa shape index (κ2) is 11.3. The van der Waals surface area contributed by atoms with Crippen molar-refractivity contribution in [3.63, 3.8) is 0 Å². The molecule has 2 heterocycles. The molecule has 6 aromatic carbocycles. The summed E-state index contributed by atoms with van der Waals surface area (Å²) in [6.45, 7) is 2.01. The van der Waals surface area contributed by atoms with Crippen molar-refractivity contribution >= 4 is 55.5 Å². The first kappa shape index (κ1) is 26.7. The van der Waals surface area contributed by atoms with Crippen molar-refractivity contribution in [2.45, 2.75) is 6.92 Å². The number of para-hydroxylation sites is 3. The van der Waals surface area contributed by atoms with Gasteiger partial charge in [-0.05, 0) is 73.2 Å². The fraction of sp³-hybridized carbons (Fsp3) is 0.0238. The average Bonchev–Trinajstić information content (AvgIpc) is 3.60. The summed E-state index contributed by atoms with van der Waals surface area (Å²) in [5, 5.41) is 4.92. The second-order valence-electron chi connectivity index (χ2n) is 11.2. The van der Waals surface area contributed by atoms with Gasteiger partial charge in [-0.15, -0.1) is 0 Å². The van der Waals surface area contributed by atoms with E-state index in [1.807, 2.05) is 37.4 Å². The van der Waals surface area contributed by atoms with Crippen LogP contribution in [0.1, 0.15) is 6.92 Å². The Morgan fingerprint density at radius 3 is 1.78 bits per heavy atom. The smallest absolute Gasteiger partial charge is 0.0729 e. The van der Waals surface area contributed by atoms with Gasteiger partial charge in [0, 0.05) is 44.7 Å². The number of hydrogen-bond donors (Lipinski definition) is 0. The van der Waals surface area contributed by atoms with Crippen LogP contribution in [0.2, 0.25) is 0 Å². The van der Waals surface area contributed by atoms with Crippen LogP contribution in [0.15, 0.2) is 169 Å². The Hall–Kier alpha value is -5.93. The van der Waals surface area contributed by atoms with Gasteiger partial charge in [-0.25, -0.2) is 0 Å². The van der Waals surface area contributed by atoms with Crippen LogP contribution in [-0.4, -0.2) is 15.3 Å². The van der Waals surface area contributed by atoms with Crippen molar-refractivity contribution in [3.8, 4) is 22.5 Å². The molecule has 45 heavy (non-hydrogen) atoms. The summed E-state index contributed by atoms with van der Waals surface area (Å²) in [6.07, 6.45) is 9.88. The lowest BCUT2D eigenvalue weighted by Crippen LogP contribution is -1.95. The van der Waals surface area contributed by atoms with Gasteiger partial charge in [0.25, 0.3) is 0 Å². The summed E-state index contributed by atoms with van der Waals surface area (Å²) in [6, 6.07) is 50.0. The summed E-state index contributed by atoms with van der Waals surface area (Å²) in [5.74, 6) is 0. The Morgan fingerprint density at radius 2 is 1.07 bits per heavy atom. The molecule has 0 aliphatic heterocycles. The fourth-order valence-electron chi connectivity index (χ4n) is 6.54. The highest BCUT2D eigenvalue weighted by atomic mass is 15.0. The molecule has 0 atom stereocenters. The number of aromatic nitrogens is 2. The van der Waals surface area contributed by atoms with Crippen LogP contribution in [0.5, 0.6) is 0 Å². The zero-order chi connectivity index (χ0) is 30.2. The van der Waals surface area contributed by atoms with E-state index in [1.165, 1.54) is 32.6 Å². The molecule has 0 saturated carbocycles. The van der Waals surface area contributed by atoms with Crippen LogP contribution in [0.3, 0.4) is 0 Å². The zero-order valence-electron chi connectivity index (χ0n) is 25.0. The van der Waals surface area contributed by atoms with Crippen LogP contribution >= 0.6 is 0 Å². The second-order valence-corrected chi connectivity index (χ2v) is 11.2. The number of aliphatic imine (C=N–C) groups is 1. The minimum atomic E-state index is 0.932. The molecule has 3 nitrogen and oxygen atoms in total. The van der Waals surface area contributed by atoms with E-state index in [0.717, 1.165) is 39.2 Å². The van der Waals surface area contributed by atoms with Gasteiger partial charge >= 0.3 is 0 Å². The highest BCUT2D eigenvalue weighted by molar-refractivity contribution is 6.14. The molecule has 0 fully saturated rings. The third kappa shape index (κ3) is 4.57. The molecule has 0 aliphatic rings. The summed E-state index contributed by atoms with van der Waals surface area (Å²) >= 11 is 0. The molecule has 0 bridgehead atoms. The average molecular weight is 578 g/mol. The third-order valence-electron chi connectivity index (χ3n) is 8.52.